The van der Waals surface area contributed by atoms with Crippen molar-refractivity contribution in [1.82, 2.24) is 0 Å². The van der Waals surface area contributed by atoms with Crippen LogP contribution in [0.4, 0.5) is 5.69 Å². The van der Waals surface area contributed by atoms with Crippen LogP contribution in [-0.2, 0) is 17.6 Å². The molecule has 0 aliphatic carbocycles. The number of anilines is 1. The predicted molar refractivity (Wildman–Crippen MR) is 72.7 cm³/mol. The van der Waals surface area contributed by atoms with Gasteiger partial charge in [-0.3, -0.25) is 4.79 Å². The van der Waals surface area contributed by atoms with Crippen LogP contribution in [0.1, 0.15) is 11.1 Å². The number of carbonyl (C=O) groups excluding carboxylic acids is 1. The minimum Gasteiger partial charge on any atom is -0.375 e. The summed E-state index contributed by atoms with van der Waals surface area (Å²) >= 11 is 0. The molecule has 2 heteroatoms. The fraction of sp³-hybridized carbons (Fsp3) is 0.188. The van der Waals surface area contributed by atoms with Gasteiger partial charge in [0, 0.05) is 12.1 Å². The molecule has 1 N–H and O–H groups in total. The van der Waals surface area contributed by atoms with Crippen LogP contribution in [0, 0.1) is 0 Å². The third-order valence-corrected chi connectivity index (χ3v) is 3.38. The number of nitrogens with one attached hydrogen (secondary N) is 1. The van der Waals surface area contributed by atoms with Crippen molar-refractivity contribution in [3.63, 3.8) is 0 Å². The number of ketones is 1. The summed E-state index contributed by atoms with van der Waals surface area (Å²) in [4.78, 5) is 12.1. The maximum atomic E-state index is 12.1. The fourth-order valence-electron chi connectivity index (χ4n) is 2.41. The Labute approximate surface area is 107 Å². The van der Waals surface area contributed by atoms with Gasteiger partial charge in [0.1, 0.15) is 0 Å². The molecule has 0 saturated carbocycles. The van der Waals surface area contributed by atoms with Gasteiger partial charge in [0.05, 0.1) is 6.04 Å². The Balaban J connectivity index is 1.81. The molecule has 1 aliphatic heterocycles. The predicted octanol–water partition coefficient (Wildman–Crippen LogP) is 2.84. The fourth-order valence-corrected chi connectivity index (χ4v) is 2.41. The van der Waals surface area contributed by atoms with Crippen LogP contribution in [0.25, 0.3) is 0 Å². The highest BCUT2D eigenvalue weighted by Gasteiger charge is 2.25. The van der Waals surface area contributed by atoms with Crippen LogP contribution in [0.5, 0.6) is 0 Å². The van der Waals surface area contributed by atoms with Crippen molar-refractivity contribution >= 4 is 11.5 Å². The van der Waals surface area contributed by atoms with Gasteiger partial charge in [0.15, 0.2) is 5.78 Å². The van der Waals surface area contributed by atoms with E-state index in [-0.39, 0.29) is 11.8 Å². The molecule has 0 spiro atoms. The standard InChI is InChI=1S/C16H15NO/c18-16-11-13-8-4-5-9-14(13)17-15(16)10-12-6-2-1-3-7-12/h1-9,15,17H,10-11H2/t15-/m1/s1. The van der Waals surface area contributed by atoms with E-state index in [2.05, 4.69) is 17.4 Å². The number of hydrogen-bond donors (Lipinski definition) is 1. The summed E-state index contributed by atoms with van der Waals surface area (Å²) in [6.07, 6.45) is 1.30. The molecule has 0 radical (unpaired) electrons. The number of rotatable bonds is 2. The van der Waals surface area contributed by atoms with E-state index >= 15 is 0 Å². The van der Waals surface area contributed by atoms with E-state index < -0.39 is 0 Å². The molecule has 1 aliphatic rings. The highest BCUT2D eigenvalue weighted by molar-refractivity contribution is 5.92. The lowest BCUT2D eigenvalue weighted by molar-refractivity contribution is -0.119. The smallest absolute Gasteiger partial charge is 0.159 e. The second-order valence-corrected chi connectivity index (χ2v) is 4.69. The van der Waals surface area contributed by atoms with Crippen molar-refractivity contribution in [2.45, 2.75) is 18.9 Å². The Morgan fingerprint density at radius 2 is 1.72 bits per heavy atom. The van der Waals surface area contributed by atoms with Crippen molar-refractivity contribution < 1.29 is 4.79 Å². The number of hydrogen-bond acceptors (Lipinski definition) is 2. The van der Waals surface area contributed by atoms with Gasteiger partial charge in [-0.05, 0) is 23.6 Å². The molecule has 0 bridgehead atoms. The molecular formula is C16H15NO. The van der Waals surface area contributed by atoms with Gasteiger partial charge in [-0.15, -0.1) is 0 Å². The zero-order valence-electron chi connectivity index (χ0n) is 10.1. The normalized spacial score (nSPS) is 18.0. The van der Waals surface area contributed by atoms with Gasteiger partial charge < -0.3 is 5.32 Å². The Morgan fingerprint density at radius 3 is 2.56 bits per heavy atom. The topological polar surface area (TPSA) is 29.1 Å². The number of fused-ring (bicyclic) bond motifs is 1. The van der Waals surface area contributed by atoms with Crippen LogP contribution in [-0.4, -0.2) is 11.8 Å². The molecule has 3 rings (SSSR count). The Hall–Kier alpha value is -2.09. The molecule has 0 saturated heterocycles. The second-order valence-electron chi connectivity index (χ2n) is 4.69. The molecule has 1 atom stereocenters. The summed E-state index contributed by atoms with van der Waals surface area (Å²) in [6.45, 7) is 0. The zero-order chi connectivity index (χ0) is 12.4. The Kier molecular flexibility index (Phi) is 2.85. The quantitative estimate of drug-likeness (QED) is 0.870. The minimum absolute atomic E-state index is 0.0951. The first-order valence-corrected chi connectivity index (χ1v) is 6.24. The van der Waals surface area contributed by atoms with Crippen LogP contribution in [0.15, 0.2) is 54.6 Å². The Morgan fingerprint density at radius 1 is 1.00 bits per heavy atom. The van der Waals surface area contributed by atoms with Crippen LogP contribution >= 0.6 is 0 Å². The highest BCUT2D eigenvalue weighted by atomic mass is 16.1. The monoisotopic (exact) mass is 237 g/mol. The van der Waals surface area contributed by atoms with Gasteiger partial charge >= 0.3 is 0 Å². The number of benzene rings is 2. The molecule has 0 unspecified atom stereocenters. The summed E-state index contributed by atoms with van der Waals surface area (Å²) < 4.78 is 0. The zero-order valence-corrected chi connectivity index (χ0v) is 10.1. The minimum atomic E-state index is -0.0951. The van der Waals surface area contributed by atoms with E-state index in [1.807, 2.05) is 42.5 Å². The molecule has 1 heterocycles. The second kappa shape index (κ2) is 4.65. The van der Waals surface area contributed by atoms with Crippen molar-refractivity contribution in [3.05, 3.63) is 65.7 Å². The van der Waals surface area contributed by atoms with Crippen molar-refractivity contribution in [2.75, 3.05) is 5.32 Å². The summed E-state index contributed by atoms with van der Waals surface area (Å²) in [5.74, 6) is 0.276. The highest BCUT2D eigenvalue weighted by Crippen LogP contribution is 2.23. The SMILES string of the molecule is O=C1Cc2ccccc2N[C@@H]1Cc1ccccc1. The van der Waals surface area contributed by atoms with E-state index in [0.717, 1.165) is 17.7 Å². The summed E-state index contributed by atoms with van der Waals surface area (Å²) in [6, 6.07) is 18.1. The third kappa shape index (κ3) is 2.14. The van der Waals surface area contributed by atoms with Crippen molar-refractivity contribution in [3.8, 4) is 0 Å². The first-order chi connectivity index (χ1) is 8.83. The average Bonchev–Trinajstić information content (AvgIpc) is 2.41. The molecule has 2 aromatic carbocycles. The number of carbonyl (C=O) groups is 1. The summed E-state index contributed by atoms with van der Waals surface area (Å²) in [5.41, 5.74) is 3.40. The van der Waals surface area contributed by atoms with Crippen LogP contribution in [0.3, 0.4) is 0 Å². The van der Waals surface area contributed by atoms with E-state index in [1.165, 1.54) is 5.56 Å². The first-order valence-electron chi connectivity index (χ1n) is 6.24. The number of Topliss-reactive ketones (excluding diaryl/α,β-unsaturated/α-hetero) is 1. The maximum Gasteiger partial charge on any atom is 0.159 e. The average molecular weight is 237 g/mol. The molecule has 2 nitrogen and oxygen atoms in total. The first kappa shape index (κ1) is 11.0. The van der Waals surface area contributed by atoms with E-state index in [9.17, 15) is 4.79 Å². The van der Waals surface area contributed by atoms with Gasteiger partial charge in [-0.1, -0.05) is 48.5 Å². The molecule has 18 heavy (non-hydrogen) atoms. The van der Waals surface area contributed by atoms with Crippen LogP contribution in [0.2, 0.25) is 0 Å². The largest absolute Gasteiger partial charge is 0.375 e. The lowest BCUT2D eigenvalue weighted by Gasteiger charge is -2.25. The molecular weight excluding hydrogens is 222 g/mol. The van der Waals surface area contributed by atoms with E-state index in [4.69, 9.17) is 0 Å². The molecule has 0 amide bonds. The van der Waals surface area contributed by atoms with Crippen molar-refractivity contribution in [1.29, 1.82) is 0 Å². The van der Waals surface area contributed by atoms with E-state index in [0.29, 0.717) is 6.42 Å². The van der Waals surface area contributed by atoms with Gasteiger partial charge in [-0.2, -0.15) is 0 Å². The van der Waals surface area contributed by atoms with Gasteiger partial charge in [0.25, 0.3) is 0 Å². The summed E-state index contributed by atoms with van der Waals surface area (Å²) in [7, 11) is 0. The van der Waals surface area contributed by atoms with Crippen LogP contribution < -0.4 is 5.32 Å². The number of para-hydroxylation sites is 1. The molecule has 0 fully saturated rings. The molecule has 2 aromatic rings. The molecule has 90 valence electrons. The van der Waals surface area contributed by atoms with Gasteiger partial charge in [0.2, 0.25) is 0 Å². The lowest BCUT2D eigenvalue weighted by atomic mass is 9.93. The van der Waals surface area contributed by atoms with Crippen molar-refractivity contribution in [2.24, 2.45) is 0 Å². The molecule has 0 aromatic heterocycles. The van der Waals surface area contributed by atoms with E-state index in [1.54, 1.807) is 0 Å². The lowest BCUT2D eigenvalue weighted by Crippen LogP contribution is -2.37. The van der Waals surface area contributed by atoms with Gasteiger partial charge in [-0.25, -0.2) is 0 Å². The Bertz CT molecular complexity index is 562. The summed E-state index contributed by atoms with van der Waals surface area (Å²) in [5, 5.41) is 3.35. The maximum absolute atomic E-state index is 12.1. The third-order valence-electron chi connectivity index (χ3n) is 3.38.